The second kappa shape index (κ2) is 6.65. The van der Waals surface area contributed by atoms with E-state index in [1.165, 1.54) is 5.56 Å². The Balaban J connectivity index is 1.76. The number of nitrogens with one attached hydrogen (secondary N) is 2. The Labute approximate surface area is 147 Å². The van der Waals surface area contributed by atoms with E-state index < -0.39 is 0 Å². The Morgan fingerprint density at radius 1 is 0.920 bits per heavy atom. The minimum Gasteiger partial charge on any atom is -0.374 e. The molecule has 0 aliphatic carbocycles. The molecule has 4 rings (SSSR count). The van der Waals surface area contributed by atoms with Crippen LogP contribution in [0, 0.1) is 0 Å². The van der Waals surface area contributed by atoms with Crippen molar-refractivity contribution in [3.63, 3.8) is 0 Å². The minimum atomic E-state index is -0.0252. The van der Waals surface area contributed by atoms with Crippen LogP contribution in [0.5, 0.6) is 0 Å². The highest BCUT2D eigenvalue weighted by molar-refractivity contribution is 5.92. The van der Waals surface area contributed by atoms with Crippen LogP contribution in [0.3, 0.4) is 0 Å². The van der Waals surface area contributed by atoms with E-state index >= 15 is 0 Å². The lowest BCUT2D eigenvalue weighted by Crippen LogP contribution is -2.12. The molecule has 2 aromatic heterocycles. The smallest absolute Gasteiger partial charge is 0.137 e. The molecular weight excluding hydrogens is 306 g/mol. The van der Waals surface area contributed by atoms with Gasteiger partial charge in [-0.1, -0.05) is 55.1 Å². The van der Waals surface area contributed by atoms with Gasteiger partial charge in [-0.2, -0.15) is 0 Å². The number of H-pyrrole nitrogens is 1. The number of hydrogen-bond donors (Lipinski definition) is 2. The Hall–Kier alpha value is -3.33. The summed E-state index contributed by atoms with van der Waals surface area (Å²) in [5, 5.41) is 4.70. The van der Waals surface area contributed by atoms with Crippen LogP contribution < -0.4 is 5.32 Å². The van der Waals surface area contributed by atoms with Crippen LogP contribution in [0.15, 0.2) is 91.8 Å². The number of aromatic nitrogens is 2. The molecule has 0 bridgehead atoms. The van der Waals surface area contributed by atoms with Crippen molar-refractivity contribution in [2.75, 3.05) is 5.32 Å². The SMILES string of the molecule is C=C(c1c[nH]c2ncccc12)C(Nc1ccccc1)c1ccccc1. The molecule has 2 aromatic carbocycles. The van der Waals surface area contributed by atoms with Gasteiger partial charge in [0.25, 0.3) is 0 Å². The Morgan fingerprint density at radius 3 is 2.40 bits per heavy atom. The second-order valence-corrected chi connectivity index (χ2v) is 5.98. The predicted molar refractivity (Wildman–Crippen MR) is 104 cm³/mol. The molecule has 2 heterocycles. The predicted octanol–water partition coefficient (Wildman–Crippen LogP) is 5.43. The van der Waals surface area contributed by atoms with Crippen molar-refractivity contribution in [3.8, 4) is 0 Å². The Kier molecular flexibility index (Phi) is 4.05. The van der Waals surface area contributed by atoms with Gasteiger partial charge in [-0.3, -0.25) is 0 Å². The van der Waals surface area contributed by atoms with E-state index in [0.29, 0.717) is 0 Å². The first-order chi connectivity index (χ1) is 12.3. The van der Waals surface area contributed by atoms with E-state index in [1.54, 1.807) is 6.20 Å². The first-order valence-corrected chi connectivity index (χ1v) is 8.31. The number of rotatable bonds is 5. The number of pyridine rings is 1. The standard InChI is InChI=1S/C22H19N3/c1-16(20-15-24-22-19(20)13-8-14-23-22)21(17-9-4-2-5-10-17)25-18-11-6-3-7-12-18/h2-15,21,25H,1H2,(H,23,24). The van der Waals surface area contributed by atoms with Gasteiger partial charge in [-0.05, 0) is 35.4 Å². The van der Waals surface area contributed by atoms with Crippen LogP contribution >= 0.6 is 0 Å². The molecule has 0 aliphatic heterocycles. The number of nitrogens with zero attached hydrogens (tertiary/aromatic N) is 1. The molecule has 1 atom stereocenters. The maximum atomic E-state index is 4.41. The third-order valence-electron chi connectivity index (χ3n) is 4.36. The van der Waals surface area contributed by atoms with E-state index in [-0.39, 0.29) is 6.04 Å². The van der Waals surface area contributed by atoms with Gasteiger partial charge in [0, 0.05) is 29.0 Å². The number of benzene rings is 2. The first kappa shape index (κ1) is 15.2. The fourth-order valence-corrected chi connectivity index (χ4v) is 3.10. The second-order valence-electron chi connectivity index (χ2n) is 5.98. The number of aromatic amines is 1. The van der Waals surface area contributed by atoms with E-state index in [4.69, 9.17) is 0 Å². The summed E-state index contributed by atoms with van der Waals surface area (Å²) in [6, 6.07) is 24.6. The molecule has 0 amide bonds. The van der Waals surface area contributed by atoms with Crippen molar-refractivity contribution in [2.45, 2.75) is 6.04 Å². The van der Waals surface area contributed by atoms with Crippen molar-refractivity contribution in [2.24, 2.45) is 0 Å². The Morgan fingerprint density at radius 2 is 1.64 bits per heavy atom. The summed E-state index contributed by atoms with van der Waals surface area (Å²) < 4.78 is 0. The van der Waals surface area contributed by atoms with Gasteiger partial charge < -0.3 is 10.3 Å². The van der Waals surface area contributed by atoms with Crippen molar-refractivity contribution < 1.29 is 0 Å². The number of anilines is 1. The molecule has 1 unspecified atom stereocenters. The molecule has 4 aromatic rings. The lowest BCUT2D eigenvalue weighted by molar-refractivity contribution is 1.01. The van der Waals surface area contributed by atoms with Crippen LogP contribution in [0.1, 0.15) is 17.2 Å². The highest BCUT2D eigenvalue weighted by Gasteiger charge is 2.19. The highest BCUT2D eigenvalue weighted by Crippen LogP contribution is 2.34. The van der Waals surface area contributed by atoms with Crippen molar-refractivity contribution in [3.05, 3.63) is 103 Å². The zero-order valence-electron chi connectivity index (χ0n) is 13.8. The third-order valence-corrected chi connectivity index (χ3v) is 4.36. The zero-order valence-corrected chi connectivity index (χ0v) is 13.8. The molecule has 0 aliphatic rings. The molecule has 3 nitrogen and oxygen atoms in total. The van der Waals surface area contributed by atoms with E-state index in [2.05, 4.69) is 64.3 Å². The number of hydrogen-bond acceptors (Lipinski definition) is 2. The molecule has 3 heteroatoms. The number of fused-ring (bicyclic) bond motifs is 1. The largest absolute Gasteiger partial charge is 0.374 e. The summed E-state index contributed by atoms with van der Waals surface area (Å²) in [6.07, 6.45) is 3.78. The maximum absolute atomic E-state index is 4.41. The van der Waals surface area contributed by atoms with E-state index in [0.717, 1.165) is 27.9 Å². The Bertz CT molecular complexity index is 987. The molecule has 0 fully saturated rings. The fraction of sp³-hybridized carbons (Fsp3) is 0.0455. The normalized spacial score (nSPS) is 12.0. The van der Waals surface area contributed by atoms with Crippen LogP contribution in [0.4, 0.5) is 5.69 Å². The molecular formula is C22H19N3. The summed E-state index contributed by atoms with van der Waals surface area (Å²) in [5.41, 5.74) is 5.21. The number of para-hydroxylation sites is 1. The van der Waals surface area contributed by atoms with Gasteiger partial charge in [-0.15, -0.1) is 0 Å². The van der Waals surface area contributed by atoms with Crippen LogP contribution in [0.25, 0.3) is 16.6 Å². The van der Waals surface area contributed by atoms with Crippen molar-refractivity contribution >= 4 is 22.3 Å². The van der Waals surface area contributed by atoms with Gasteiger partial charge in [-0.25, -0.2) is 4.98 Å². The average Bonchev–Trinajstić information content (AvgIpc) is 3.11. The molecule has 0 saturated carbocycles. The van der Waals surface area contributed by atoms with Gasteiger partial charge >= 0.3 is 0 Å². The van der Waals surface area contributed by atoms with Crippen molar-refractivity contribution in [1.82, 2.24) is 9.97 Å². The zero-order chi connectivity index (χ0) is 17.1. The topological polar surface area (TPSA) is 40.7 Å². The van der Waals surface area contributed by atoms with Crippen LogP contribution in [-0.4, -0.2) is 9.97 Å². The van der Waals surface area contributed by atoms with Gasteiger partial charge in [0.05, 0.1) is 6.04 Å². The van der Waals surface area contributed by atoms with Gasteiger partial charge in [0.15, 0.2) is 0 Å². The summed E-state index contributed by atoms with van der Waals surface area (Å²) in [6.45, 7) is 4.41. The fourth-order valence-electron chi connectivity index (χ4n) is 3.10. The molecule has 0 saturated heterocycles. The van der Waals surface area contributed by atoms with Gasteiger partial charge in [0.2, 0.25) is 0 Å². The molecule has 2 N–H and O–H groups in total. The first-order valence-electron chi connectivity index (χ1n) is 8.31. The molecule has 25 heavy (non-hydrogen) atoms. The van der Waals surface area contributed by atoms with Crippen LogP contribution in [0.2, 0.25) is 0 Å². The lowest BCUT2D eigenvalue weighted by atomic mass is 9.94. The molecule has 0 spiro atoms. The summed E-state index contributed by atoms with van der Waals surface area (Å²) >= 11 is 0. The van der Waals surface area contributed by atoms with E-state index in [9.17, 15) is 0 Å². The quantitative estimate of drug-likeness (QED) is 0.514. The average molecular weight is 325 g/mol. The molecule has 0 radical (unpaired) electrons. The summed E-state index contributed by atoms with van der Waals surface area (Å²) in [5.74, 6) is 0. The van der Waals surface area contributed by atoms with Crippen LogP contribution in [-0.2, 0) is 0 Å². The minimum absolute atomic E-state index is 0.0252. The van der Waals surface area contributed by atoms with Crippen molar-refractivity contribution in [1.29, 1.82) is 0 Å². The monoisotopic (exact) mass is 325 g/mol. The molecule has 122 valence electrons. The lowest BCUT2D eigenvalue weighted by Gasteiger charge is -2.23. The summed E-state index contributed by atoms with van der Waals surface area (Å²) in [7, 11) is 0. The van der Waals surface area contributed by atoms with E-state index in [1.807, 2.05) is 36.5 Å². The maximum Gasteiger partial charge on any atom is 0.137 e. The van der Waals surface area contributed by atoms with Gasteiger partial charge in [0.1, 0.15) is 5.65 Å². The summed E-state index contributed by atoms with van der Waals surface area (Å²) in [4.78, 5) is 7.62. The highest BCUT2D eigenvalue weighted by atomic mass is 14.9. The third kappa shape index (κ3) is 3.04.